The van der Waals surface area contributed by atoms with Crippen LogP contribution in [-0.2, 0) is 12.7 Å². The second-order valence-corrected chi connectivity index (χ2v) is 6.20. The van der Waals surface area contributed by atoms with Gasteiger partial charge in [0, 0.05) is 25.7 Å². The van der Waals surface area contributed by atoms with Gasteiger partial charge in [-0.15, -0.1) is 10.2 Å². The number of halogens is 3. The van der Waals surface area contributed by atoms with Gasteiger partial charge in [0.05, 0.1) is 5.69 Å². The molecule has 1 aliphatic rings. The van der Waals surface area contributed by atoms with Crippen molar-refractivity contribution in [1.29, 1.82) is 0 Å². The summed E-state index contributed by atoms with van der Waals surface area (Å²) >= 11 is 0. The molecule has 2 aromatic rings. The first-order valence-electron chi connectivity index (χ1n) is 8.03. The molecule has 2 aromatic heterocycles. The van der Waals surface area contributed by atoms with Gasteiger partial charge in [-0.1, -0.05) is 0 Å². The van der Waals surface area contributed by atoms with E-state index in [0.717, 1.165) is 24.6 Å². The van der Waals surface area contributed by atoms with Crippen molar-refractivity contribution in [3.63, 3.8) is 0 Å². The molecule has 0 saturated carbocycles. The molecule has 1 saturated heterocycles. The van der Waals surface area contributed by atoms with Gasteiger partial charge in [0.1, 0.15) is 0 Å². The van der Waals surface area contributed by atoms with Crippen molar-refractivity contribution >= 4 is 5.82 Å². The first-order chi connectivity index (χ1) is 11.8. The zero-order valence-electron chi connectivity index (χ0n) is 13.7. The minimum absolute atomic E-state index is 0.123. The minimum Gasteiger partial charge on any atom is -0.355 e. The molecule has 9 heteroatoms. The topological polar surface area (TPSA) is 63.9 Å². The van der Waals surface area contributed by atoms with E-state index < -0.39 is 11.9 Å². The van der Waals surface area contributed by atoms with E-state index in [9.17, 15) is 18.0 Å². The summed E-state index contributed by atoms with van der Waals surface area (Å²) in [7, 11) is 0. The number of hydrogen-bond acceptors (Lipinski definition) is 5. The van der Waals surface area contributed by atoms with Crippen LogP contribution in [0.25, 0.3) is 0 Å². The molecule has 1 aliphatic heterocycles. The Morgan fingerprint density at radius 3 is 2.44 bits per heavy atom. The van der Waals surface area contributed by atoms with E-state index in [-0.39, 0.29) is 5.56 Å². The fourth-order valence-electron chi connectivity index (χ4n) is 2.92. The summed E-state index contributed by atoms with van der Waals surface area (Å²) in [4.78, 5) is 13.7. The van der Waals surface area contributed by atoms with Crippen LogP contribution in [0.3, 0.4) is 0 Å². The quantitative estimate of drug-likeness (QED) is 0.847. The molecule has 0 aliphatic carbocycles. The van der Waals surface area contributed by atoms with Crippen molar-refractivity contribution < 1.29 is 13.2 Å². The molecule has 0 radical (unpaired) electrons. The fourth-order valence-corrected chi connectivity index (χ4v) is 2.92. The van der Waals surface area contributed by atoms with Crippen LogP contribution in [0.2, 0.25) is 0 Å². The monoisotopic (exact) mass is 353 g/mol. The van der Waals surface area contributed by atoms with E-state index in [4.69, 9.17) is 0 Å². The Morgan fingerprint density at radius 2 is 1.84 bits per heavy atom. The zero-order valence-corrected chi connectivity index (χ0v) is 13.7. The number of aromatic nitrogens is 4. The van der Waals surface area contributed by atoms with Gasteiger partial charge in [0.2, 0.25) is 0 Å². The molecule has 0 spiro atoms. The average Bonchev–Trinajstić information content (AvgIpc) is 2.58. The van der Waals surface area contributed by atoms with E-state index in [1.54, 1.807) is 6.07 Å². The van der Waals surface area contributed by atoms with Gasteiger partial charge in [0.25, 0.3) is 5.56 Å². The molecule has 6 nitrogen and oxygen atoms in total. The third-order valence-corrected chi connectivity index (χ3v) is 4.31. The summed E-state index contributed by atoms with van der Waals surface area (Å²) in [6, 6.07) is 5.49. The first-order valence-corrected chi connectivity index (χ1v) is 8.03. The summed E-state index contributed by atoms with van der Waals surface area (Å²) in [6.07, 6.45) is -2.86. The van der Waals surface area contributed by atoms with Gasteiger partial charge in [-0.25, -0.2) is 4.68 Å². The molecule has 0 atom stereocenters. The second-order valence-electron chi connectivity index (χ2n) is 6.20. The Balaban J connectivity index is 1.60. The number of nitrogens with zero attached hydrogens (tertiary/aromatic N) is 5. The van der Waals surface area contributed by atoms with Crippen molar-refractivity contribution in [3.05, 3.63) is 46.0 Å². The van der Waals surface area contributed by atoms with Gasteiger partial charge < -0.3 is 4.90 Å². The molecule has 3 heterocycles. The lowest BCUT2D eigenvalue weighted by Gasteiger charge is -2.32. The molecule has 134 valence electrons. The SMILES string of the molecule is Cc1ccc(=O)n(CC2CCN(c3ccc(C(F)(F)F)nn3)CC2)n1. The van der Waals surface area contributed by atoms with Crippen LogP contribution in [0.1, 0.15) is 24.2 Å². The van der Waals surface area contributed by atoms with E-state index >= 15 is 0 Å². The lowest BCUT2D eigenvalue weighted by atomic mass is 9.97. The van der Waals surface area contributed by atoms with Crippen LogP contribution in [-0.4, -0.2) is 33.1 Å². The highest BCUT2D eigenvalue weighted by atomic mass is 19.4. The van der Waals surface area contributed by atoms with Gasteiger partial charge in [-0.3, -0.25) is 4.79 Å². The Morgan fingerprint density at radius 1 is 1.12 bits per heavy atom. The van der Waals surface area contributed by atoms with Crippen LogP contribution < -0.4 is 10.5 Å². The number of aryl methyl sites for hydroxylation is 1. The predicted molar refractivity (Wildman–Crippen MR) is 85.2 cm³/mol. The molecular formula is C16H18F3N5O. The molecule has 0 N–H and O–H groups in total. The van der Waals surface area contributed by atoms with Crippen LogP contribution in [0.5, 0.6) is 0 Å². The van der Waals surface area contributed by atoms with Crippen molar-refractivity contribution in [2.75, 3.05) is 18.0 Å². The van der Waals surface area contributed by atoms with Crippen LogP contribution in [0.15, 0.2) is 29.1 Å². The maximum atomic E-state index is 12.5. The lowest BCUT2D eigenvalue weighted by Crippen LogP contribution is -2.37. The molecule has 1 fully saturated rings. The Hall–Kier alpha value is -2.45. The highest BCUT2D eigenvalue weighted by molar-refractivity contribution is 5.38. The third-order valence-electron chi connectivity index (χ3n) is 4.31. The summed E-state index contributed by atoms with van der Waals surface area (Å²) in [5, 5.41) is 11.2. The summed E-state index contributed by atoms with van der Waals surface area (Å²) < 4.78 is 39.1. The van der Waals surface area contributed by atoms with Crippen LogP contribution in [0.4, 0.5) is 19.0 Å². The Kier molecular flexibility index (Phi) is 4.73. The smallest absolute Gasteiger partial charge is 0.355 e. The average molecular weight is 353 g/mol. The second kappa shape index (κ2) is 6.81. The van der Waals surface area contributed by atoms with Gasteiger partial charge in [-0.05, 0) is 43.9 Å². The van der Waals surface area contributed by atoms with Gasteiger partial charge >= 0.3 is 6.18 Å². The van der Waals surface area contributed by atoms with E-state index in [1.165, 1.54) is 16.8 Å². The number of alkyl halides is 3. The largest absolute Gasteiger partial charge is 0.435 e. The van der Waals surface area contributed by atoms with Crippen molar-refractivity contribution in [2.45, 2.75) is 32.5 Å². The molecule has 25 heavy (non-hydrogen) atoms. The molecule has 0 bridgehead atoms. The van der Waals surface area contributed by atoms with E-state index in [2.05, 4.69) is 15.3 Å². The fraction of sp³-hybridized carbons (Fsp3) is 0.500. The van der Waals surface area contributed by atoms with Crippen LogP contribution in [0, 0.1) is 12.8 Å². The standard InChI is InChI=1S/C16H18F3N5O/c1-11-2-5-15(25)24(22-11)10-12-6-8-23(9-7-12)14-4-3-13(20-21-14)16(17,18)19/h2-5,12H,6-10H2,1H3. The third kappa shape index (κ3) is 4.15. The van der Waals surface area contributed by atoms with E-state index in [1.807, 2.05) is 11.8 Å². The lowest BCUT2D eigenvalue weighted by molar-refractivity contribution is -0.141. The number of piperidine rings is 1. The number of hydrogen-bond donors (Lipinski definition) is 0. The summed E-state index contributed by atoms with van der Waals surface area (Å²) in [5.41, 5.74) is -0.324. The van der Waals surface area contributed by atoms with Gasteiger partial charge in [0.15, 0.2) is 11.5 Å². The summed E-state index contributed by atoms with van der Waals surface area (Å²) in [6.45, 7) is 3.70. The normalized spacial score (nSPS) is 16.2. The molecule has 0 aromatic carbocycles. The maximum absolute atomic E-state index is 12.5. The summed E-state index contributed by atoms with van der Waals surface area (Å²) in [5.74, 6) is 0.739. The first kappa shape index (κ1) is 17.4. The van der Waals surface area contributed by atoms with Crippen molar-refractivity contribution in [1.82, 2.24) is 20.0 Å². The highest BCUT2D eigenvalue weighted by Gasteiger charge is 2.33. The molecule has 0 unspecified atom stereocenters. The van der Waals surface area contributed by atoms with Crippen molar-refractivity contribution in [3.8, 4) is 0 Å². The van der Waals surface area contributed by atoms with Crippen molar-refractivity contribution in [2.24, 2.45) is 5.92 Å². The molecule has 0 amide bonds. The minimum atomic E-state index is -4.48. The van der Waals surface area contributed by atoms with E-state index in [0.29, 0.717) is 31.4 Å². The highest BCUT2D eigenvalue weighted by Crippen LogP contribution is 2.28. The number of anilines is 1. The Bertz CT molecular complexity index is 780. The predicted octanol–water partition coefficient (Wildman–Crippen LogP) is 2.28. The van der Waals surface area contributed by atoms with Crippen LogP contribution >= 0.6 is 0 Å². The van der Waals surface area contributed by atoms with Gasteiger partial charge in [-0.2, -0.15) is 18.3 Å². The molecular weight excluding hydrogens is 335 g/mol. The zero-order chi connectivity index (χ0) is 18.0. The molecule has 3 rings (SSSR count). The Labute approximate surface area is 142 Å². The maximum Gasteiger partial charge on any atom is 0.435 e. The number of rotatable bonds is 3.